The van der Waals surface area contributed by atoms with E-state index in [2.05, 4.69) is 55.1 Å². The second kappa shape index (κ2) is 8.36. The van der Waals surface area contributed by atoms with Gasteiger partial charge in [0.15, 0.2) is 0 Å². The van der Waals surface area contributed by atoms with Gasteiger partial charge < -0.3 is 4.90 Å². The first-order chi connectivity index (χ1) is 15.5. The molecule has 0 saturated carbocycles. The van der Waals surface area contributed by atoms with Gasteiger partial charge in [0.05, 0.1) is 0 Å². The molecule has 0 N–H and O–H groups in total. The van der Waals surface area contributed by atoms with Crippen LogP contribution in [0.5, 0.6) is 0 Å². The summed E-state index contributed by atoms with van der Waals surface area (Å²) in [6, 6.07) is 18.7. The Morgan fingerprint density at radius 3 is 2.09 bits per heavy atom. The van der Waals surface area contributed by atoms with E-state index in [0.29, 0.717) is 25.3 Å². The van der Waals surface area contributed by atoms with Crippen molar-refractivity contribution in [3.63, 3.8) is 0 Å². The number of rotatable bonds is 5. The van der Waals surface area contributed by atoms with Gasteiger partial charge in [0.1, 0.15) is 5.54 Å². The fourth-order valence-electron chi connectivity index (χ4n) is 5.80. The molecular formula is C27H33N3O2. The maximum absolute atomic E-state index is 13.9. The molecule has 1 spiro atoms. The zero-order valence-electron chi connectivity index (χ0n) is 19.2. The van der Waals surface area contributed by atoms with Gasteiger partial charge in [-0.2, -0.15) is 0 Å². The fraction of sp³-hybridized carbons (Fsp3) is 0.481. The summed E-state index contributed by atoms with van der Waals surface area (Å²) in [7, 11) is 0. The lowest BCUT2D eigenvalue weighted by molar-refractivity contribution is -0.137. The van der Waals surface area contributed by atoms with E-state index in [4.69, 9.17) is 0 Å². The van der Waals surface area contributed by atoms with Crippen molar-refractivity contribution in [2.24, 2.45) is 5.92 Å². The van der Waals surface area contributed by atoms with Crippen molar-refractivity contribution in [3.05, 3.63) is 71.3 Å². The average molecular weight is 432 g/mol. The quantitative estimate of drug-likeness (QED) is 0.670. The third-order valence-corrected chi connectivity index (χ3v) is 7.45. The molecule has 0 unspecified atom stereocenters. The van der Waals surface area contributed by atoms with Crippen LogP contribution in [0.2, 0.25) is 0 Å². The van der Waals surface area contributed by atoms with Crippen LogP contribution in [0.15, 0.2) is 54.6 Å². The molecule has 2 aromatic carbocycles. The first-order valence-electron chi connectivity index (χ1n) is 12.0. The Hall–Kier alpha value is -2.66. The molecule has 3 amide bonds. The first kappa shape index (κ1) is 21.2. The lowest BCUT2D eigenvalue weighted by atomic mass is 9.85. The number of fused-ring (bicyclic) bond motifs is 1. The Labute approximate surface area is 191 Å². The molecule has 0 atom stereocenters. The largest absolute Gasteiger partial charge is 0.327 e. The predicted molar refractivity (Wildman–Crippen MR) is 125 cm³/mol. The van der Waals surface area contributed by atoms with Crippen molar-refractivity contribution >= 4 is 11.9 Å². The molecule has 5 rings (SSSR count). The van der Waals surface area contributed by atoms with E-state index in [-0.39, 0.29) is 18.0 Å². The van der Waals surface area contributed by atoms with Crippen molar-refractivity contribution in [1.82, 2.24) is 14.7 Å². The molecule has 32 heavy (non-hydrogen) atoms. The summed E-state index contributed by atoms with van der Waals surface area (Å²) < 4.78 is 0. The predicted octanol–water partition coefficient (Wildman–Crippen LogP) is 4.11. The van der Waals surface area contributed by atoms with Crippen molar-refractivity contribution in [2.75, 3.05) is 19.6 Å². The van der Waals surface area contributed by atoms with Gasteiger partial charge >= 0.3 is 6.03 Å². The lowest BCUT2D eigenvalue weighted by Gasteiger charge is -2.42. The normalized spacial score (nSPS) is 21.2. The number of amides is 3. The molecule has 2 heterocycles. The Morgan fingerprint density at radius 1 is 0.906 bits per heavy atom. The van der Waals surface area contributed by atoms with Crippen molar-refractivity contribution in [3.8, 4) is 0 Å². The Morgan fingerprint density at radius 2 is 1.50 bits per heavy atom. The lowest BCUT2D eigenvalue weighted by Crippen LogP contribution is -2.57. The Kier molecular flexibility index (Phi) is 5.54. The summed E-state index contributed by atoms with van der Waals surface area (Å²) in [5.41, 5.74) is 3.16. The first-order valence-corrected chi connectivity index (χ1v) is 12.0. The summed E-state index contributed by atoms with van der Waals surface area (Å²) in [6.07, 6.45) is 2.99. The topological polar surface area (TPSA) is 43.9 Å². The van der Waals surface area contributed by atoms with Gasteiger partial charge in [0.2, 0.25) is 0 Å². The minimum Gasteiger partial charge on any atom is -0.309 e. The number of imide groups is 1. The molecule has 0 aromatic heterocycles. The highest BCUT2D eigenvalue weighted by atomic mass is 16.2. The van der Waals surface area contributed by atoms with Crippen molar-refractivity contribution in [1.29, 1.82) is 0 Å². The molecule has 3 aliphatic rings. The van der Waals surface area contributed by atoms with Gasteiger partial charge in [-0.05, 0) is 48.3 Å². The number of urea groups is 1. The van der Waals surface area contributed by atoms with Crippen LogP contribution in [0.25, 0.3) is 0 Å². The number of nitrogens with zero attached hydrogens (tertiary/aromatic N) is 3. The van der Waals surface area contributed by atoms with Crippen LogP contribution in [0.3, 0.4) is 0 Å². The summed E-state index contributed by atoms with van der Waals surface area (Å²) in [5, 5.41) is 0. The van der Waals surface area contributed by atoms with Gasteiger partial charge in [-0.1, -0.05) is 68.4 Å². The molecule has 168 valence electrons. The molecule has 2 aliphatic heterocycles. The molecule has 0 bridgehead atoms. The number of benzene rings is 2. The van der Waals surface area contributed by atoms with Crippen molar-refractivity contribution < 1.29 is 9.59 Å². The highest BCUT2D eigenvalue weighted by molar-refractivity contribution is 6.07. The van der Waals surface area contributed by atoms with Gasteiger partial charge in [-0.3, -0.25) is 14.6 Å². The minimum absolute atomic E-state index is 0.0420. The van der Waals surface area contributed by atoms with Gasteiger partial charge in [-0.25, -0.2) is 4.79 Å². The summed E-state index contributed by atoms with van der Waals surface area (Å²) in [5.74, 6) is 0.368. The molecule has 2 aromatic rings. The van der Waals surface area contributed by atoms with Gasteiger partial charge in [0.25, 0.3) is 5.91 Å². The van der Waals surface area contributed by atoms with Crippen LogP contribution in [-0.4, -0.2) is 57.9 Å². The number of hydrogen-bond donors (Lipinski definition) is 0. The molecule has 2 fully saturated rings. The van der Waals surface area contributed by atoms with E-state index < -0.39 is 5.54 Å². The van der Waals surface area contributed by atoms with Crippen LogP contribution in [0.1, 0.15) is 43.4 Å². The highest BCUT2D eigenvalue weighted by Crippen LogP contribution is 2.41. The van der Waals surface area contributed by atoms with E-state index in [1.54, 1.807) is 4.90 Å². The molecule has 2 saturated heterocycles. The number of piperidine rings is 1. The molecule has 1 aliphatic carbocycles. The number of carbonyl (C=O) groups is 2. The highest BCUT2D eigenvalue weighted by Gasteiger charge is 2.59. The monoisotopic (exact) mass is 431 g/mol. The van der Waals surface area contributed by atoms with Crippen molar-refractivity contribution in [2.45, 2.75) is 57.7 Å². The maximum Gasteiger partial charge on any atom is 0.327 e. The second-order valence-corrected chi connectivity index (χ2v) is 10.1. The average Bonchev–Trinajstić information content (AvgIpc) is 3.29. The van der Waals surface area contributed by atoms with Crippen LogP contribution >= 0.6 is 0 Å². The fourth-order valence-corrected chi connectivity index (χ4v) is 5.80. The number of hydrogen-bond acceptors (Lipinski definition) is 3. The smallest absolute Gasteiger partial charge is 0.309 e. The second-order valence-electron chi connectivity index (χ2n) is 10.1. The summed E-state index contributed by atoms with van der Waals surface area (Å²) >= 11 is 0. The molecule has 0 radical (unpaired) electrons. The third kappa shape index (κ3) is 3.62. The number of carbonyl (C=O) groups excluding carboxylic acids is 2. The number of likely N-dealkylation sites (tertiary alicyclic amines) is 1. The van der Waals surface area contributed by atoms with Crippen LogP contribution in [0.4, 0.5) is 4.79 Å². The zero-order valence-corrected chi connectivity index (χ0v) is 19.2. The SMILES string of the molecule is CC(C)CN1C(=O)N(C2Cc3ccccc3C2)C(=O)C12CCN(Cc1ccccc1)CC2. The molecular weight excluding hydrogens is 398 g/mol. The third-order valence-electron chi connectivity index (χ3n) is 7.45. The van der Waals surface area contributed by atoms with E-state index in [9.17, 15) is 9.59 Å². The van der Waals surface area contributed by atoms with E-state index in [0.717, 1.165) is 32.5 Å². The van der Waals surface area contributed by atoms with E-state index in [1.165, 1.54) is 16.7 Å². The summed E-state index contributed by atoms with van der Waals surface area (Å²) in [6.45, 7) is 7.46. The Balaban J connectivity index is 1.36. The zero-order chi connectivity index (χ0) is 22.3. The minimum atomic E-state index is -0.677. The standard InChI is InChI=1S/C27H33N3O2/c1-20(2)18-29-26(32)30(24-16-22-10-6-7-11-23(22)17-24)25(31)27(29)12-14-28(15-13-27)19-21-8-4-3-5-9-21/h3-11,20,24H,12-19H2,1-2H3. The summed E-state index contributed by atoms with van der Waals surface area (Å²) in [4.78, 5) is 33.6. The molecule has 5 nitrogen and oxygen atoms in total. The van der Waals surface area contributed by atoms with Gasteiger partial charge in [0, 0.05) is 32.2 Å². The maximum atomic E-state index is 13.9. The van der Waals surface area contributed by atoms with E-state index >= 15 is 0 Å². The van der Waals surface area contributed by atoms with E-state index in [1.807, 2.05) is 23.1 Å². The van der Waals surface area contributed by atoms with Crippen LogP contribution in [-0.2, 0) is 24.2 Å². The Bertz CT molecular complexity index is 970. The van der Waals surface area contributed by atoms with Crippen LogP contribution < -0.4 is 0 Å². The molecule has 5 heteroatoms. The van der Waals surface area contributed by atoms with Gasteiger partial charge in [-0.15, -0.1) is 0 Å². The van der Waals surface area contributed by atoms with Crippen LogP contribution in [0, 0.1) is 5.92 Å².